The van der Waals surface area contributed by atoms with Crippen molar-refractivity contribution in [1.29, 1.82) is 0 Å². The third-order valence-corrected chi connectivity index (χ3v) is 5.58. The molecule has 0 radical (unpaired) electrons. The van der Waals surface area contributed by atoms with E-state index >= 15 is 0 Å². The number of carbonyl (C=O) groups is 1. The van der Waals surface area contributed by atoms with Crippen LogP contribution in [0.4, 0.5) is 0 Å². The number of rotatable bonds is 1. The molecule has 2 aliphatic heterocycles. The van der Waals surface area contributed by atoms with Crippen LogP contribution < -0.4 is 0 Å². The molecule has 0 spiro atoms. The number of amides is 1. The van der Waals surface area contributed by atoms with Crippen LogP contribution >= 0.6 is 23.4 Å². The van der Waals surface area contributed by atoms with Gasteiger partial charge in [-0.3, -0.25) is 4.79 Å². The third kappa shape index (κ3) is 2.86. The molecular formula is C12H20ClNOS. The molecule has 1 amide bonds. The monoisotopic (exact) mass is 261 g/mol. The highest BCUT2D eigenvalue weighted by Gasteiger charge is 2.31. The first-order valence-electron chi connectivity index (χ1n) is 6.23. The van der Waals surface area contributed by atoms with Crippen LogP contribution in [0.1, 0.15) is 32.6 Å². The van der Waals surface area contributed by atoms with E-state index in [4.69, 9.17) is 11.6 Å². The van der Waals surface area contributed by atoms with Crippen molar-refractivity contribution in [2.75, 3.05) is 18.8 Å². The highest BCUT2D eigenvalue weighted by molar-refractivity contribution is 8.00. The first-order chi connectivity index (χ1) is 7.68. The summed E-state index contributed by atoms with van der Waals surface area (Å²) in [6, 6.07) is 0. The molecule has 2 nitrogen and oxygen atoms in total. The zero-order valence-electron chi connectivity index (χ0n) is 9.82. The van der Waals surface area contributed by atoms with Crippen LogP contribution in [-0.2, 0) is 4.79 Å². The van der Waals surface area contributed by atoms with Crippen molar-refractivity contribution in [3.8, 4) is 0 Å². The number of carbonyl (C=O) groups excluding carboxylic acids is 1. The summed E-state index contributed by atoms with van der Waals surface area (Å²) in [5.41, 5.74) is 0. The Labute approximate surface area is 107 Å². The van der Waals surface area contributed by atoms with Gasteiger partial charge in [0.1, 0.15) is 0 Å². The predicted octanol–water partition coefficient (Wildman–Crippen LogP) is 2.75. The van der Waals surface area contributed by atoms with Crippen LogP contribution in [0.25, 0.3) is 0 Å². The third-order valence-electron chi connectivity index (χ3n) is 3.57. The molecule has 2 rings (SSSR count). The fourth-order valence-electron chi connectivity index (χ4n) is 2.46. The number of nitrogens with zero attached hydrogens (tertiary/aromatic N) is 1. The molecule has 0 saturated carbocycles. The van der Waals surface area contributed by atoms with Gasteiger partial charge in [-0.1, -0.05) is 13.3 Å². The molecule has 0 aliphatic carbocycles. The van der Waals surface area contributed by atoms with Gasteiger partial charge in [0.25, 0.3) is 0 Å². The Morgan fingerprint density at radius 3 is 2.81 bits per heavy atom. The molecule has 0 N–H and O–H groups in total. The molecule has 16 heavy (non-hydrogen) atoms. The lowest BCUT2D eigenvalue weighted by atomic mass is 9.99. The van der Waals surface area contributed by atoms with Gasteiger partial charge in [-0.25, -0.2) is 0 Å². The molecule has 92 valence electrons. The van der Waals surface area contributed by atoms with Gasteiger partial charge < -0.3 is 4.90 Å². The Morgan fingerprint density at radius 1 is 1.38 bits per heavy atom. The van der Waals surface area contributed by atoms with Crippen LogP contribution in [0.5, 0.6) is 0 Å². The van der Waals surface area contributed by atoms with Crippen molar-refractivity contribution in [3.05, 3.63) is 0 Å². The van der Waals surface area contributed by atoms with Crippen molar-refractivity contribution in [1.82, 2.24) is 4.90 Å². The molecule has 0 aromatic carbocycles. The molecule has 2 heterocycles. The molecule has 0 aromatic heterocycles. The van der Waals surface area contributed by atoms with Crippen molar-refractivity contribution in [2.45, 2.75) is 43.2 Å². The Balaban J connectivity index is 1.89. The van der Waals surface area contributed by atoms with E-state index in [1.165, 1.54) is 12.8 Å². The van der Waals surface area contributed by atoms with E-state index in [9.17, 15) is 4.79 Å². The van der Waals surface area contributed by atoms with E-state index in [0.29, 0.717) is 11.8 Å². The quantitative estimate of drug-likeness (QED) is 0.677. The topological polar surface area (TPSA) is 20.3 Å². The van der Waals surface area contributed by atoms with Gasteiger partial charge in [0.05, 0.1) is 5.25 Å². The summed E-state index contributed by atoms with van der Waals surface area (Å²) < 4.78 is 0. The Kier molecular flexibility index (Phi) is 4.42. The number of halogens is 1. The lowest BCUT2D eigenvalue weighted by molar-refractivity contribution is -0.132. The van der Waals surface area contributed by atoms with E-state index < -0.39 is 0 Å². The minimum absolute atomic E-state index is 0.229. The second kappa shape index (κ2) is 5.63. The average molecular weight is 262 g/mol. The van der Waals surface area contributed by atoms with Gasteiger partial charge >= 0.3 is 0 Å². The normalized spacial score (nSPS) is 36.1. The molecule has 2 saturated heterocycles. The highest BCUT2D eigenvalue weighted by atomic mass is 35.5. The second-order valence-corrected chi connectivity index (χ2v) is 6.79. The van der Waals surface area contributed by atoms with Crippen LogP contribution in [-0.4, -0.2) is 40.3 Å². The minimum Gasteiger partial charge on any atom is -0.341 e. The molecule has 2 aliphatic rings. The van der Waals surface area contributed by atoms with E-state index in [-0.39, 0.29) is 10.6 Å². The summed E-state index contributed by atoms with van der Waals surface area (Å²) in [5.74, 6) is 1.95. The summed E-state index contributed by atoms with van der Waals surface area (Å²) >= 11 is 8.02. The maximum atomic E-state index is 12.3. The molecular weight excluding hydrogens is 242 g/mol. The van der Waals surface area contributed by atoms with Gasteiger partial charge in [0.2, 0.25) is 5.91 Å². The molecule has 0 aromatic rings. The van der Waals surface area contributed by atoms with E-state index in [1.807, 2.05) is 16.7 Å². The van der Waals surface area contributed by atoms with Gasteiger partial charge in [0, 0.05) is 18.5 Å². The number of likely N-dealkylation sites (tertiary alicyclic amines) is 1. The lowest BCUT2D eigenvalue weighted by Gasteiger charge is -2.36. The van der Waals surface area contributed by atoms with Crippen LogP contribution in [0.15, 0.2) is 0 Å². The molecule has 3 unspecified atom stereocenters. The number of hydrogen-bond acceptors (Lipinski definition) is 2. The SMILES string of the molecule is CC1CN(C(=O)C2CCCCS2)CCC1Cl. The molecule has 3 atom stereocenters. The summed E-state index contributed by atoms with van der Waals surface area (Å²) in [4.78, 5) is 14.3. The summed E-state index contributed by atoms with van der Waals surface area (Å²) in [7, 11) is 0. The first-order valence-corrected chi connectivity index (χ1v) is 7.71. The Hall–Kier alpha value is 0.110. The number of hydrogen-bond donors (Lipinski definition) is 0. The van der Waals surface area contributed by atoms with Crippen molar-refractivity contribution in [2.24, 2.45) is 5.92 Å². The fraction of sp³-hybridized carbons (Fsp3) is 0.917. The molecule has 2 fully saturated rings. The van der Waals surface area contributed by atoms with Gasteiger partial charge in [0.15, 0.2) is 0 Å². The Bertz CT molecular complexity index is 255. The lowest BCUT2D eigenvalue weighted by Crippen LogP contribution is -2.47. The average Bonchev–Trinajstić information content (AvgIpc) is 2.33. The standard InChI is InChI=1S/C12H20ClNOS/c1-9-8-14(6-5-10(9)13)12(15)11-4-2-3-7-16-11/h9-11H,2-8H2,1H3. The maximum Gasteiger partial charge on any atom is 0.235 e. The van der Waals surface area contributed by atoms with E-state index in [2.05, 4.69) is 6.92 Å². The fourth-order valence-corrected chi connectivity index (χ4v) is 3.91. The van der Waals surface area contributed by atoms with E-state index in [1.54, 1.807) is 0 Å². The minimum atomic E-state index is 0.229. The smallest absolute Gasteiger partial charge is 0.235 e. The summed E-state index contributed by atoms with van der Waals surface area (Å²) in [5, 5.41) is 0.482. The summed E-state index contributed by atoms with van der Waals surface area (Å²) in [6.07, 6.45) is 4.50. The van der Waals surface area contributed by atoms with Crippen LogP contribution in [0.3, 0.4) is 0 Å². The van der Waals surface area contributed by atoms with Gasteiger partial charge in [-0.2, -0.15) is 0 Å². The van der Waals surface area contributed by atoms with Crippen LogP contribution in [0.2, 0.25) is 0 Å². The van der Waals surface area contributed by atoms with Crippen molar-refractivity contribution in [3.63, 3.8) is 0 Å². The number of alkyl halides is 1. The zero-order valence-corrected chi connectivity index (χ0v) is 11.4. The number of thioether (sulfide) groups is 1. The van der Waals surface area contributed by atoms with E-state index in [0.717, 1.165) is 31.7 Å². The largest absolute Gasteiger partial charge is 0.341 e. The Morgan fingerprint density at radius 2 is 2.19 bits per heavy atom. The van der Waals surface area contributed by atoms with Crippen molar-refractivity contribution < 1.29 is 4.79 Å². The highest BCUT2D eigenvalue weighted by Crippen LogP contribution is 2.29. The van der Waals surface area contributed by atoms with Crippen molar-refractivity contribution >= 4 is 29.3 Å². The molecule has 0 bridgehead atoms. The molecule has 4 heteroatoms. The zero-order chi connectivity index (χ0) is 11.5. The number of piperidine rings is 1. The van der Waals surface area contributed by atoms with Gasteiger partial charge in [-0.05, 0) is 30.9 Å². The maximum absolute atomic E-state index is 12.3. The predicted molar refractivity (Wildman–Crippen MR) is 70.1 cm³/mol. The van der Waals surface area contributed by atoms with Gasteiger partial charge in [-0.15, -0.1) is 23.4 Å². The second-order valence-electron chi connectivity index (χ2n) is 4.92. The first kappa shape index (κ1) is 12.6. The van der Waals surface area contributed by atoms with Crippen LogP contribution in [0, 0.1) is 5.92 Å². The summed E-state index contributed by atoms with van der Waals surface area (Å²) in [6.45, 7) is 3.85.